The number of pyridine rings is 1. The van der Waals surface area contributed by atoms with Crippen LogP contribution in [0.2, 0.25) is 0 Å². The van der Waals surface area contributed by atoms with Gasteiger partial charge in [0, 0.05) is 20.7 Å². The molecule has 1 saturated carbocycles. The zero-order chi connectivity index (χ0) is 16.6. The summed E-state index contributed by atoms with van der Waals surface area (Å²) in [4.78, 5) is 5.06. The van der Waals surface area contributed by atoms with Crippen molar-refractivity contribution >= 4 is 33.5 Å². The highest BCUT2D eigenvalue weighted by molar-refractivity contribution is 14.1. The van der Waals surface area contributed by atoms with Crippen LogP contribution in [0, 0.1) is 0 Å². The van der Waals surface area contributed by atoms with E-state index in [2.05, 4.69) is 83.0 Å². The van der Waals surface area contributed by atoms with Crippen molar-refractivity contribution in [1.29, 1.82) is 0 Å². The van der Waals surface area contributed by atoms with E-state index in [0.29, 0.717) is 0 Å². The zero-order valence-corrected chi connectivity index (χ0v) is 15.8. The molecule has 1 aliphatic carbocycles. The summed E-state index contributed by atoms with van der Waals surface area (Å²) in [5, 5.41) is 4.73. The zero-order valence-electron chi connectivity index (χ0n) is 13.6. The highest BCUT2D eigenvalue weighted by Crippen LogP contribution is 2.46. The maximum Gasteiger partial charge on any atom is 0.0705 e. The van der Waals surface area contributed by atoms with Crippen LogP contribution < -0.4 is 5.32 Å². The largest absolute Gasteiger partial charge is 0.359 e. The molecule has 1 aromatic heterocycles. The minimum atomic E-state index is -0.0284. The SMILES string of the molecule is C=C1C=CC=C(C2(c3ccc4ccccc4n3)CCC(I)CC2)N1. The molecule has 1 N–H and O–H groups in total. The molecule has 0 spiro atoms. The number of hydrogen-bond donors (Lipinski definition) is 1. The number of alkyl halides is 1. The monoisotopic (exact) mass is 428 g/mol. The second kappa shape index (κ2) is 6.36. The Morgan fingerprint density at radius 3 is 2.71 bits per heavy atom. The van der Waals surface area contributed by atoms with Gasteiger partial charge < -0.3 is 5.32 Å². The molecule has 0 amide bonds. The van der Waals surface area contributed by atoms with Crippen molar-refractivity contribution in [3.8, 4) is 0 Å². The lowest BCUT2D eigenvalue weighted by molar-refractivity contribution is 0.333. The predicted octanol–water partition coefficient (Wildman–Crippen LogP) is 5.41. The minimum absolute atomic E-state index is 0.0284. The molecule has 122 valence electrons. The third kappa shape index (κ3) is 2.79. The second-order valence-electron chi connectivity index (χ2n) is 6.74. The Hall–Kier alpha value is -1.62. The molecule has 0 saturated heterocycles. The van der Waals surface area contributed by atoms with Crippen LogP contribution in [0.15, 0.2) is 72.6 Å². The Kier molecular flexibility index (Phi) is 4.21. The predicted molar refractivity (Wildman–Crippen MR) is 109 cm³/mol. The van der Waals surface area contributed by atoms with Crippen LogP contribution in [-0.2, 0) is 5.41 Å². The number of fused-ring (bicyclic) bond motifs is 1. The van der Waals surface area contributed by atoms with E-state index in [1.165, 1.54) is 29.6 Å². The van der Waals surface area contributed by atoms with Crippen LogP contribution in [0.25, 0.3) is 10.9 Å². The van der Waals surface area contributed by atoms with Crippen LogP contribution in [0.3, 0.4) is 0 Å². The first-order chi connectivity index (χ1) is 11.7. The third-order valence-electron chi connectivity index (χ3n) is 5.23. The Bertz CT molecular complexity index is 842. The number of halogens is 1. The molecular weight excluding hydrogens is 407 g/mol. The maximum absolute atomic E-state index is 5.06. The fraction of sp³-hybridized carbons (Fsp3) is 0.286. The van der Waals surface area contributed by atoms with E-state index in [1.807, 2.05) is 6.08 Å². The van der Waals surface area contributed by atoms with Gasteiger partial charge in [-0.15, -0.1) is 0 Å². The molecule has 2 heterocycles. The first kappa shape index (κ1) is 15.9. The van der Waals surface area contributed by atoms with Gasteiger partial charge in [-0.05, 0) is 50.0 Å². The first-order valence-electron chi connectivity index (χ1n) is 8.52. The lowest BCUT2D eigenvalue weighted by Gasteiger charge is -2.41. The van der Waals surface area contributed by atoms with Crippen LogP contribution >= 0.6 is 22.6 Å². The second-order valence-corrected chi connectivity index (χ2v) is 8.50. The Labute approximate surface area is 156 Å². The molecule has 0 atom stereocenters. The molecule has 2 aliphatic rings. The Balaban J connectivity index is 1.84. The summed E-state index contributed by atoms with van der Waals surface area (Å²) in [6.45, 7) is 4.09. The molecule has 1 fully saturated rings. The molecule has 0 bridgehead atoms. The minimum Gasteiger partial charge on any atom is -0.359 e. The molecule has 0 radical (unpaired) electrons. The number of allylic oxidation sites excluding steroid dienone is 4. The molecule has 1 aromatic carbocycles. The summed E-state index contributed by atoms with van der Waals surface area (Å²) in [5.74, 6) is 0. The van der Waals surface area contributed by atoms with Crippen molar-refractivity contribution < 1.29 is 0 Å². The lowest BCUT2D eigenvalue weighted by atomic mass is 9.68. The fourth-order valence-electron chi connectivity index (χ4n) is 3.87. The van der Waals surface area contributed by atoms with Gasteiger partial charge in [-0.25, -0.2) is 0 Å². The molecule has 2 nitrogen and oxygen atoms in total. The standard InChI is InChI=1S/C21H21IN2/c1-15-5-4-8-19(23-15)21(13-11-17(22)12-14-21)20-10-9-16-6-2-3-7-18(16)24-20/h2-10,17,23H,1,11-14H2. The van der Waals surface area contributed by atoms with E-state index in [4.69, 9.17) is 4.98 Å². The average Bonchev–Trinajstić information content (AvgIpc) is 2.62. The van der Waals surface area contributed by atoms with Crippen LogP contribution in [0.4, 0.5) is 0 Å². The highest BCUT2D eigenvalue weighted by atomic mass is 127. The molecule has 1 aliphatic heterocycles. The quantitative estimate of drug-likeness (QED) is 0.511. The number of para-hydroxylation sites is 1. The summed E-state index contributed by atoms with van der Waals surface area (Å²) in [6.07, 6.45) is 11.0. The summed E-state index contributed by atoms with van der Waals surface area (Å²) < 4.78 is 0.763. The number of rotatable bonds is 2. The molecule has 0 unspecified atom stereocenters. The van der Waals surface area contributed by atoms with Crippen LogP contribution in [0.1, 0.15) is 31.4 Å². The van der Waals surface area contributed by atoms with E-state index in [1.54, 1.807) is 0 Å². The van der Waals surface area contributed by atoms with Gasteiger partial charge in [0.15, 0.2) is 0 Å². The third-order valence-corrected chi connectivity index (χ3v) is 6.47. The molecule has 24 heavy (non-hydrogen) atoms. The highest BCUT2D eigenvalue weighted by Gasteiger charge is 2.41. The smallest absolute Gasteiger partial charge is 0.0705 e. The molecular formula is C21H21IN2. The van der Waals surface area contributed by atoms with Crippen molar-refractivity contribution in [1.82, 2.24) is 10.3 Å². The van der Waals surface area contributed by atoms with Gasteiger partial charge in [0.05, 0.1) is 16.6 Å². The fourth-order valence-corrected chi connectivity index (χ4v) is 4.49. The van der Waals surface area contributed by atoms with Crippen molar-refractivity contribution in [3.05, 3.63) is 78.3 Å². The topological polar surface area (TPSA) is 24.9 Å². The number of hydrogen-bond acceptors (Lipinski definition) is 2. The normalized spacial score (nSPS) is 27.0. The van der Waals surface area contributed by atoms with E-state index in [-0.39, 0.29) is 5.41 Å². The Morgan fingerprint density at radius 2 is 1.92 bits per heavy atom. The van der Waals surface area contributed by atoms with Crippen molar-refractivity contribution in [2.24, 2.45) is 0 Å². The molecule has 3 heteroatoms. The van der Waals surface area contributed by atoms with Gasteiger partial charge in [-0.2, -0.15) is 0 Å². The summed E-state index contributed by atoms with van der Waals surface area (Å²) in [6, 6.07) is 12.8. The lowest BCUT2D eigenvalue weighted by Crippen LogP contribution is -2.40. The van der Waals surface area contributed by atoms with Crippen molar-refractivity contribution in [2.75, 3.05) is 0 Å². The van der Waals surface area contributed by atoms with E-state index in [0.717, 1.165) is 28.0 Å². The number of benzene rings is 1. The summed E-state index contributed by atoms with van der Waals surface area (Å²) in [7, 11) is 0. The van der Waals surface area contributed by atoms with Gasteiger partial charge in [0.1, 0.15) is 0 Å². The van der Waals surface area contributed by atoms with E-state index >= 15 is 0 Å². The van der Waals surface area contributed by atoms with E-state index < -0.39 is 0 Å². The van der Waals surface area contributed by atoms with E-state index in [9.17, 15) is 0 Å². The number of nitrogens with zero attached hydrogens (tertiary/aromatic N) is 1. The van der Waals surface area contributed by atoms with Gasteiger partial charge in [0.25, 0.3) is 0 Å². The van der Waals surface area contributed by atoms with Gasteiger partial charge in [-0.3, -0.25) is 4.98 Å². The maximum atomic E-state index is 5.06. The Morgan fingerprint density at radius 1 is 1.12 bits per heavy atom. The molecule has 4 rings (SSSR count). The van der Waals surface area contributed by atoms with Crippen molar-refractivity contribution in [2.45, 2.75) is 35.0 Å². The average molecular weight is 428 g/mol. The summed E-state index contributed by atoms with van der Waals surface area (Å²) >= 11 is 2.59. The van der Waals surface area contributed by atoms with Crippen LogP contribution in [0.5, 0.6) is 0 Å². The van der Waals surface area contributed by atoms with Crippen molar-refractivity contribution in [3.63, 3.8) is 0 Å². The number of nitrogens with one attached hydrogen (secondary N) is 1. The number of aromatic nitrogens is 1. The van der Waals surface area contributed by atoms with Gasteiger partial charge >= 0.3 is 0 Å². The van der Waals surface area contributed by atoms with Gasteiger partial charge in [0.2, 0.25) is 0 Å². The summed E-state index contributed by atoms with van der Waals surface area (Å²) in [5.41, 5.74) is 4.45. The van der Waals surface area contributed by atoms with Gasteiger partial charge in [-0.1, -0.05) is 59.5 Å². The first-order valence-corrected chi connectivity index (χ1v) is 9.77. The number of dihydropyridines is 1. The molecule has 2 aromatic rings. The van der Waals surface area contributed by atoms with Crippen LogP contribution in [-0.4, -0.2) is 8.91 Å².